The number of rotatable bonds is 1. The average Bonchev–Trinajstić information content (AvgIpc) is 2.52. The van der Waals surface area contributed by atoms with Crippen LogP contribution in [0.1, 0.15) is 0 Å². The van der Waals surface area contributed by atoms with Crippen LogP contribution in [0.5, 0.6) is 5.75 Å². The molecule has 4 heteroatoms. The summed E-state index contributed by atoms with van der Waals surface area (Å²) in [5.74, 6) is 0.180. The first kappa shape index (κ1) is 7.67. The second-order valence-electron chi connectivity index (χ2n) is 2.71. The van der Waals surface area contributed by atoms with E-state index in [0.717, 1.165) is 5.56 Å². The van der Waals surface area contributed by atoms with Crippen LogP contribution in [0, 0.1) is 0 Å². The summed E-state index contributed by atoms with van der Waals surface area (Å²) in [7, 11) is 0. The number of nitrogens with one attached hydrogen (secondary N) is 2. The number of hydrogen-bond acceptors (Lipinski definition) is 2. The molecule has 1 aromatic carbocycles. The minimum Gasteiger partial charge on any atom is -0.508 e. The van der Waals surface area contributed by atoms with Crippen molar-refractivity contribution in [2.24, 2.45) is 0 Å². The SMILES string of the molecule is O=c1[nH]cc(-c2cccc(O)c2)[nH]1. The molecule has 4 nitrogen and oxygen atoms in total. The molecule has 0 saturated carbocycles. The largest absolute Gasteiger partial charge is 0.508 e. The average molecular weight is 176 g/mol. The highest BCUT2D eigenvalue weighted by molar-refractivity contribution is 5.59. The topological polar surface area (TPSA) is 68.9 Å². The Morgan fingerprint density at radius 2 is 2.15 bits per heavy atom. The molecule has 2 aromatic rings. The highest BCUT2D eigenvalue weighted by atomic mass is 16.3. The van der Waals surface area contributed by atoms with Crippen molar-refractivity contribution < 1.29 is 5.11 Å². The molecule has 1 aromatic heterocycles. The van der Waals surface area contributed by atoms with E-state index in [1.807, 2.05) is 0 Å². The first-order valence-electron chi connectivity index (χ1n) is 3.83. The molecule has 0 spiro atoms. The molecule has 0 aliphatic heterocycles. The van der Waals surface area contributed by atoms with E-state index in [0.29, 0.717) is 5.69 Å². The van der Waals surface area contributed by atoms with Crippen molar-refractivity contribution in [1.29, 1.82) is 0 Å². The molecule has 0 amide bonds. The summed E-state index contributed by atoms with van der Waals surface area (Å²) < 4.78 is 0. The number of aromatic amines is 2. The van der Waals surface area contributed by atoms with Crippen molar-refractivity contribution in [2.75, 3.05) is 0 Å². The van der Waals surface area contributed by atoms with Gasteiger partial charge in [-0.05, 0) is 12.1 Å². The number of H-pyrrole nitrogens is 2. The Labute approximate surface area is 73.9 Å². The maximum atomic E-state index is 10.8. The van der Waals surface area contributed by atoms with Crippen molar-refractivity contribution in [3.63, 3.8) is 0 Å². The monoisotopic (exact) mass is 176 g/mol. The fraction of sp³-hybridized carbons (Fsp3) is 0. The van der Waals surface area contributed by atoms with Crippen LogP contribution in [0.25, 0.3) is 11.3 Å². The van der Waals surface area contributed by atoms with Gasteiger partial charge in [-0.2, -0.15) is 0 Å². The minimum atomic E-state index is -0.252. The predicted molar refractivity (Wildman–Crippen MR) is 48.5 cm³/mol. The lowest BCUT2D eigenvalue weighted by molar-refractivity contribution is 0.475. The highest BCUT2D eigenvalue weighted by Gasteiger charge is 1.99. The molecular formula is C9H8N2O2. The number of hydrogen-bond donors (Lipinski definition) is 3. The number of aromatic hydroxyl groups is 1. The van der Waals surface area contributed by atoms with Gasteiger partial charge >= 0.3 is 5.69 Å². The van der Waals surface area contributed by atoms with Gasteiger partial charge in [0.1, 0.15) is 5.75 Å². The second-order valence-corrected chi connectivity index (χ2v) is 2.71. The van der Waals surface area contributed by atoms with E-state index in [2.05, 4.69) is 9.97 Å². The van der Waals surface area contributed by atoms with Gasteiger partial charge in [0, 0.05) is 11.8 Å². The zero-order valence-corrected chi connectivity index (χ0v) is 6.74. The van der Waals surface area contributed by atoms with E-state index in [1.54, 1.807) is 30.5 Å². The van der Waals surface area contributed by atoms with Crippen LogP contribution >= 0.6 is 0 Å². The van der Waals surface area contributed by atoms with Crippen LogP contribution in [0.2, 0.25) is 0 Å². The van der Waals surface area contributed by atoms with Gasteiger partial charge < -0.3 is 15.1 Å². The molecule has 0 aliphatic rings. The highest BCUT2D eigenvalue weighted by Crippen LogP contribution is 2.19. The van der Waals surface area contributed by atoms with Crippen molar-refractivity contribution in [2.45, 2.75) is 0 Å². The molecule has 3 N–H and O–H groups in total. The standard InChI is InChI=1S/C9H8N2O2/c12-7-3-1-2-6(4-7)8-5-10-9(13)11-8/h1-5,12H,(H2,10,11,13). The van der Waals surface area contributed by atoms with Gasteiger partial charge in [0.15, 0.2) is 0 Å². The number of phenols is 1. The second kappa shape index (κ2) is 2.82. The Bertz CT molecular complexity index is 470. The lowest BCUT2D eigenvalue weighted by Gasteiger charge is -1.96. The molecule has 0 bridgehead atoms. The molecule has 66 valence electrons. The summed E-state index contributed by atoms with van der Waals surface area (Å²) >= 11 is 0. The molecular weight excluding hydrogens is 168 g/mol. The van der Waals surface area contributed by atoms with E-state index in [9.17, 15) is 9.90 Å². The maximum Gasteiger partial charge on any atom is 0.323 e. The van der Waals surface area contributed by atoms with E-state index in [4.69, 9.17) is 0 Å². The van der Waals surface area contributed by atoms with Gasteiger partial charge in [0.25, 0.3) is 0 Å². The van der Waals surface area contributed by atoms with Gasteiger partial charge in [-0.3, -0.25) is 0 Å². The third-order valence-electron chi connectivity index (χ3n) is 1.75. The third-order valence-corrected chi connectivity index (χ3v) is 1.75. The number of benzene rings is 1. The normalized spacial score (nSPS) is 10.2. The fourth-order valence-electron chi connectivity index (χ4n) is 1.16. The van der Waals surface area contributed by atoms with E-state index < -0.39 is 0 Å². The van der Waals surface area contributed by atoms with Crippen molar-refractivity contribution in [1.82, 2.24) is 9.97 Å². The van der Waals surface area contributed by atoms with Crippen LogP contribution in [0.15, 0.2) is 35.3 Å². The molecule has 0 atom stereocenters. The molecule has 0 radical (unpaired) electrons. The Morgan fingerprint density at radius 1 is 1.31 bits per heavy atom. The van der Waals surface area contributed by atoms with Gasteiger partial charge in [0.05, 0.1) is 5.69 Å². The third kappa shape index (κ3) is 1.46. The van der Waals surface area contributed by atoms with Crippen LogP contribution in [-0.4, -0.2) is 15.1 Å². The zero-order chi connectivity index (χ0) is 9.26. The summed E-state index contributed by atoms with van der Waals surface area (Å²) in [6.07, 6.45) is 1.57. The first-order valence-corrected chi connectivity index (χ1v) is 3.83. The summed E-state index contributed by atoms with van der Waals surface area (Å²) in [6, 6.07) is 6.68. The molecule has 0 saturated heterocycles. The van der Waals surface area contributed by atoms with Crippen LogP contribution < -0.4 is 5.69 Å². The first-order chi connectivity index (χ1) is 6.25. The Kier molecular flexibility index (Phi) is 1.66. The summed E-state index contributed by atoms with van der Waals surface area (Å²) in [5.41, 5.74) is 1.19. The number of phenolic OH excluding ortho intramolecular Hbond substituents is 1. The van der Waals surface area contributed by atoms with Crippen molar-refractivity contribution in [3.8, 4) is 17.0 Å². The van der Waals surface area contributed by atoms with E-state index in [1.165, 1.54) is 0 Å². The quantitative estimate of drug-likeness (QED) is 0.608. The maximum absolute atomic E-state index is 10.8. The minimum absolute atomic E-state index is 0.180. The lowest BCUT2D eigenvalue weighted by atomic mass is 10.2. The Balaban J connectivity index is 2.52. The summed E-state index contributed by atoms with van der Waals surface area (Å²) in [6.45, 7) is 0. The van der Waals surface area contributed by atoms with E-state index >= 15 is 0 Å². The number of aromatic nitrogens is 2. The summed E-state index contributed by atoms with van der Waals surface area (Å²) in [5, 5.41) is 9.18. The Morgan fingerprint density at radius 3 is 2.77 bits per heavy atom. The Hall–Kier alpha value is -1.97. The summed E-state index contributed by atoms with van der Waals surface area (Å²) in [4.78, 5) is 15.9. The molecule has 13 heavy (non-hydrogen) atoms. The van der Waals surface area contributed by atoms with Gasteiger partial charge in [-0.1, -0.05) is 12.1 Å². The zero-order valence-electron chi connectivity index (χ0n) is 6.74. The van der Waals surface area contributed by atoms with Gasteiger partial charge in [-0.25, -0.2) is 4.79 Å². The van der Waals surface area contributed by atoms with Crippen molar-refractivity contribution >= 4 is 0 Å². The number of imidazole rings is 1. The molecule has 2 rings (SSSR count). The molecule has 0 aliphatic carbocycles. The van der Waals surface area contributed by atoms with Gasteiger partial charge in [-0.15, -0.1) is 0 Å². The van der Waals surface area contributed by atoms with E-state index in [-0.39, 0.29) is 11.4 Å². The van der Waals surface area contributed by atoms with Crippen LogP contribution in [0.3, 0.4) is 0 Å². The molecule has 1 heterocycles. The van der Waals surface area contributed by atoms with Crippen LogP contribution in [-0.2, 0) is 0 Å². The predicted octanol–water partition coefficient (Wildman–Crippen LogP) is 1.08. The van der Waals surface area contributed by atoms with Crippen molar-refractivity contribution in [3.05, 3.63) is 40.9 Å². The lowest BCUT2D eigenvalue weighted by Crippen LogP contribution is -1.99. The molecule has 0 fully saturated rings. The molecule has 0 unspecified atom stereocenters. The fourth-order valence-corrected chi connectivity index (χ4v) is 1.16. The smallest absolute Gasteiger partial charge is 0.323 e. The van der Waals surface area contributed by atoms with Gasteiger partial charge in [0.2, 0.25) is 0 Å². The van der Waals surface area contributed by atoms with Crippen LogP contribution in [0.4, 0.5) is 0 Å².